The van der Waals surface area contributed by atoms with Gasteiger partial charge in [0, 0.05) is 16.7 Å². The van der Waals surface area contributed by atoms with Crippen molar-refractivity contribution in [1.29, 1.82) is 0 Å². The molecule has 2 rings (SSSR count). The molecule has 1 heterocycles. The van der Waals surface area contributed by atoms with Crippen LogP contribution in [0.2, 0.25) is 0 Å². The Bertz CT molecular complexity index is 515. The fourth-order valence-electron chi connectivity index (χ4n) is 2.07. The lowest BCUT2D eigenvalue weighted by Gasteiger charge is -2.33. The Labute approximate surface area is 121 Å². The first-order chi connectivity index (χ1) is 8.41. The van der Waals surface area contributed by atoms with Crippen LogP contribution in [-0.4, -0.2) is 37.0 Å². The van der Waals surface area contributed by atoms with Gasteiger partial charge in [0.1, 0.15) is 0 Å². The fraction of sp³-hybridized carbons (Fsp3) is 0.500. The molecule has 0 saturated carbocycles. The zero-order valence-corrected chi connectivity index (χ0v) is 13.1. The largest absolute Gasteiger partial charge is 0.393 e. The van der Waals surface area contributed by atoms with Gasteiger partial charge >= 0.3 is 0 Å². The second kappa shape index (κ2) is 5.44. The molecular formula is C12H16INO3S. The van der Waals surface area contributed by atoms with Crippen LogP contribution in [0.4, 0.5) is 0 Å². The van der Waals surface area contributed by atoms with Crippen molar-refractivity contribution in [3.63, 3.8) is 0 Å². The molecule has 0 bridgehead atoms. The Kier molecular flexibility index (Phi) is 4.30. The van der Waals surface area contributed by atoms with Crippen molar-refractivity contribution in [2.45, 2.75) is 24.3 Å². The van der Waals surface area contributed by atoms with E-state index in [1.807, 2.05) is 6.92 Å². The van der Waals surface area contributed by atoms with Gasteiger partial charge in [0.05, 0.1) is 11.0 Å². The molecule has 1 aliphatic rings. The van der Waals surface area contributed by atoms with Crippen LogP contribution < -0.4 is 0 Å². The van der Waals surface area contributed by atoms with Crippen molar-refractivity contribution in [2.24, 2.45) is 5.92 Å². The van der Waals surface area contributed by atoms with E-state index in [0.29, 0.717) is 24.4 Å². The molecule has 1 aromatic rings. The predicted molar refractivity (Wildman–Crippen MR) is 77.7 cm³/mol. The van der Waals surface area contributed by atoms with E-state index < -0.39 is 16.1 Å². The molecule has 1 aliphatic heterocycles. The number of aliphatic hydroxyl groups is 1. The van der Waals surface area contributed by atoms with E-state index in [-0.39, 0.29) is 5.92 Å². The number of sulfonamides is 1. The van der Waals surface area contributed by atoms with Gasteiger partial charge in [0.25, 0.3) is 0 Å². The minimum atomic E-state index is -3.42. The van der Waals surface area contributed by atoms with Gasteiger partial charge in [-0.1, -0.05) is 6.92 Å². The van der Waals surface area contributed by atoms with E-state index in [1.165, 1.54) is 4.31 Å². The van der Waals surface area contributed by atoms with Gasteiger partial charge in [-0.2, -0.15) is 4.31 Å². The highest BCUT2D eigenvalue weighted by Gasteiger charge is 2.32. The Morgan fingerprint density at radius 2 is 1.94 bits per heavy atom. The lowest BCUT2D eigenvalue weighted by atomic mass is 9.99. The number of hydrogen-bond acceptors (Lipinski definition) is 3. The average Bonchev–Trinajstić information content (AvgIpc) is 2.33. The average molecular weight is 381 g/mol. The first kappa shape index (κ1) is 14.2. The van der Waals surface area contributed by atoms with E-state index in [9.17, 15) is 13.5 Å². The van der Waals surface area contributed by atoms with Crippen LogP contribution in [0.25, 0.3) is 0 Å². The topological polar surface area (TPSA) is 57.6 Å². The Morgan fingerprint density at radius 1 is 1.33 bits per heavy atom. The van der Waals surface area contributed by atoms with Crippen LogP contribution in [0, 0.1) is 9.49 Å². The molecule has 18 heavy (non-hydrogen) atoms. The summed E-state index contributed by atoms with van der Waals surface area (Å²) < 4.78 is 27.3. The maximum Gasteiger partial charge on any atom is 0.243 e. The van der Waals surface area contributed by atoms with Crippen LogP contribution in [0.15, 0.2) is 29.2 Å². The third-order valence-electron chi connectivity index (χ3n) is 3.27. The second-order valence-electron chi connectivity index (χ2n) is 4.65. The lowest BCUT2D eigenvalue weighted by Crippen LogP contribution is -2.44. The Balaban J connectivity index is 2.24. The molecule has 4 nitrogen and oxygen atoms in total. The van der Waals surface area contributed by atoms with E-state index in [1.54, 1.807) is 24.3 Å². The van der Waals surface area contributed by atoms with E-state index >= 15 is 0 Å². The zero-order valence-electron chi connectivity index (χ0n) is 10.1. The molecule has 1 aromatic carbocycles. The van der Waals surface area contributed by atoms with Crippen molar-refractivity contribution in [1.82, 2.24) is 4.31 Å². The third kappa shape index (κ3) is 2.87. The van der Waals surface area contributed by atoms with Gasteiger partial charge in [-0.05, 0) is 59.2 Å². The van der Waals surface area contributed by atoms with Gasteiger partial charge < -0.3 is 5.11 Å². The molecule has 0 aromatic heterocycles. The predicted octanol–water partition coefficient (Wildman–Crippen LogP) is 1.68. The first-order valence-electron chi connectivity index (χ1n) is 5.85. The molecule has 2 unspecified atom stereocenters. The minimum Gasteiger partial charge on any atom is -0.393 e. The summed E-state index contributed by atoms with van der Waals surface area (Å²) >= 11 is 2.14. The monoisotopic (exact) mass is 381 g/mol. The summed E-state index contributed by atoms with van der Waals surface area (Å²) in [7, 11) is -3.42. The molecule has 100 valence electrons. The summed E-state index contributed by atoms with van der Waals surface area (Å²) in [6.45, 7) is 2.65. The number of benzene rings is 1. The van der Waals surface area contributed by atoms with Crippen LogP contribution in [-0.2, 0) is 10.0 Å². The molecule has 1 N–H and O–H groups in total. The van der Waals surface area contributed by atoms with Crippen molar-refractivity contribution >= 4 is 32.6 Å². The molecule has 1 saturated heterocycles. The van der Waals surface area contributed by atoms with E-state index in [0.717, 1.165) is 3.57 Å². The number of rotatable bonds is 2. The molecule has 6 heteroatoms. The summed E-state index contributed by atoms with van der Waals surface area (Å²) in [6.07, 6.45) is 0.110. The van der Waals surface area contributed by atoms with Crippen molar-refractivity contribution in [3.05, 3.63) is 27.8 Å². The van der Waals surface area contributed by atoms with Crippen LogP contribution in [0.1, 0.15) is 13.3 Å². The van der Waals surface area contributed by atoms with E-state index in [4.69, 9.17) is 0 Å². The number of piperidine rings is 1. The molecule has 0 spiro atoms. The van der Waals surface area contributed by atoms with Crippen molar-refractivity contribution in [3.8, 4) is 0 Å². The second-order valence-corrected chi connectivity index (χ2v) is 7.83. The van der Waals surface area contributed by atoms with Crippen molar-refractivity contribution < 1.29 is 13.5 Å². The minimum absolute atomic E-state index is 0.0163. The molecule has 0 radical (unpaired) electrons. The standard InChI is InChI=1S/C12H16INO3S/c1-9-8-14(7-6-12(9)15)18(16,17)11-4-2-10(13)3-5-11/h2-5,9,12,15H,6-8H2,1H3. The van der Waals surface area contributed by atoms with E-state index in [2.05, 4.69) is 22.6 Å². The molecular weight excluding hydrogens is 365 g/mol. The molecule has 2 atom stereocenters. The smallest absolute Gasteiger partial charge is 0.243 e. The Hall–Kier alpha value is -0.180. The summed E-state index contributed by atoms with van der Waals surface area (Å²) in [5.74, 6) is -0.0163. The molecule has 0 aliphatic carbocycles. The summed E-state index contributed by atoms with van der Waals surface area (Å²) in [5, 5.41) is 9.65. The zero-order chi connectivity index (χ0) is 13.3. The summed E-state index contributed by atoms with van der Waals surface area (Å²) in [5.41, 5.74) is 0. The van der Waals surface area contributed by atoms with Gasteiger partial charge in [0.2, 0.25) is 10.0 Å². The van der Waals surface area contributed by atoms with Gasteiger partial charge in [-0.25, -0.2) is 8.42 Å². The van der Waals surface area contributed by atoms with Crippen LogP contribution >= 0.6 is 22.6 Å². The molecule has 0 amide bonds. The Morgan fingerprint density at radius 3 is 2.50 bits per heavy atom. The number of halogens is 1. The van der Waals surface area contributed by atoms with Gasteiger partial charge in [-0.3, -0.25) is 0 Å². The molecule has 1 fully saturated rings. The van der Waals surface area contributed by atoms with Crippen LogP contribution in [0.5, 0.6) is 0 Å². The lowest BCUT2D eigenvalue weighted by molar-refractivity contribution is 0.0628. The fourth-order valence-corrected chi connectivity index (χ4v) is 3.98. The van der Waals surface area contributed by atoms with Gasteiger partial charge in [-0.15, -0.1) is 0 Å². The number of aliphatic hydroxyl groups excluding tert-OH is 1. The SMILES string of the molecule is CC1CN(S(=O)(=O)c2ccc(I)cc2)CCC1O. The first-order valence-corrected chi connectivity index (χ1v) is 8.37. The maximum absolute atomic E-state index is 12.4. The quantitative estimate of drug-likeness (QED) is 0.794. The number of nitrogens with zero attached hydrogens (tertiary/aromatic N) is 1. The third-order valence-corrected chi connectivity index (χ3v) is 5.87. The summed E-state index contributed by atoms with van der Waals surface area (Å²) in [6, 6.07) is 6.84. The van der Waals surface area contributed by atoms with Gasteiger partial charge in [0.15, 0.2) is 0 Å². The normalized spacial score (nSPS) is 26.2. The summed E-state index contributed by atoms with van der Waals surface area (Å²) in [4.78, 5) is 0.325. The highest BCUT2D eigenvalue weighted by atomic mass is 127. The van der Waals surface area contributed by atoms with Crippen LogP contribution in [0.3, 0.4) is 0 Å². The highest BCUT2D eigenvalue weighted by molar-refractivity contribution is 14.1. The maximum atomic E-state index is 12.4. The highest BCUT2D eigenvalue weighted by Crippen LogP contribution is 2.24. The van der Waals surface area contributed by atoms with Crippen molar-refractivity contribution in [2.75, 3.05) is 13.1 Å². The number of hydrogen-bond donors (Lipinski definition) is 1.